The minimum absolute atomic E-state index is 0.661. The van der Waals surface area contributed by atoms with Crippen molar-refractivity contribution in [2.75, 3.05) is 4.90 Å². The fraction of sp³-hybridized carbons (Fsp3) is 0.0182. The van der Waals surface area contributed by atoms with Gasteiger partial charge in [0.25, 0.3) is 0 Å². The molecule has 2 heteroatoms. The molecule has 1 aliphatic rings. The van der Waals surface area contributed by atoms with Crippen LogP contribution < -0.4 is 4.90 Å². The second kappa shape index (κ2) is 13.4. The van der Waals surface area contributed by atoms with Crippen molar-refractivity contribution in [2.24, 2.45) is 0 Å². The van der Waals surface area contributed by atoms with E-state index in [4.69, 9.17) is 0 Å². The lowest BCUT2D eigenvalue weighted by atomic mass is 9.80. The Morgan fingerprint density at radius 3 is 1.33 bits per heavy atom. The normalized spacial score (nSPS) is 12.7. The summed E-state index contributed by atoms with van der Waals surface area (Å²) in [5.41, 5.74) is 16.1. The third kappa shape index (κ3) is 5.11. The van der Waals surface area contributed by atoms with Crippen molar-refractivity contribution >= 4 is 38.9 Å². The lowest BCUT2D eigenvalue weighted by Crippen LogP contribution is -2.36. The van der Waals surface area contributed by atoms with Crippen LogP contribution >= 0.6 is 0 Å². The predicted molar refractivity (Wildman–Crippen MR) is 239 cm³/mol. The van der Waals surface area contributed by atoms with Crippen LogP contribution in [0.3, 0.4) is 0 Å². The number of anilines is 3. The molecular formula is C55H38N2. The molecule has 1 aliphatic carbocycles. The topological polar surface area (TPSA) is 8.17 Å². The van der Waals surface area contributed by atoms with Gasteiger partial charge in [-0.3, -0.25) is 0 Å². The molecule has 0 saturated carbocycles. The van der Waals surface area contributed by atoms with Crippen LogP contribution in [0.2, 0.25) is 0 Å². The number of nitrogens with zero attached hydrogens (tertiary/aromatic N) is 2. The van der Waals surface area contributed by atoms with Crippen LogP contribution in [0, 0.1) is 0 Å². The SMILES string of the molecule is c1ccc(-c2ccc(N(c3ccc(-c4ccccc4)cc3)c3cccc4c5ccccc5n(C5(c6ccccc6)c6ccccc6-c6ccccc65)c34)cc2)cc1. The summed E-state index contributed by atoms with van der Waals surface area (Å²) in [6.45, 7) is 0. The summed E-state index contributed by atoms with van der Waals surface area (Å²) in [5, 5.41) is 2.44. The Kier molecular flexibility index (Phi) is 7.75. The molecule has 1 heterocycles. The molecule has 268 valence electrons. The van der Waals surface area contributed by atoms with E-state index in [0.29, 0.717) is 0 Å². The van der Waals surface area contributed by atoms with Gasteiger partial charge in [-0.05, 0) is 86.5 Å². The van der Waals surface area contributed by atoms with Crippen LogP contribution in [0.4, 0.5) is 17.1 Å². The van der Waals surface area contributed by atoms with Gasteiger partial charge < -0.3 is 9.47 Å². The Bertz CT molecular complexity index is 2910. The van der Waals surface area contributed by atoms with Crippen molar-refractivity contribution in [3.63, 3.8) is 0 Å². The number of para-hydroxylation sites is 2. The van der Waals surface area contributed by atoms with E-state index in [1.807, 2.05) is 0 Å². The molecule has 0 N–H and O–H groups in total. The van der Waals surface area contributed by atoms with Crippen molar-refractivity contribution in [3.05, 3.63) is 247 Å². The monoisotopic (exact) mass is 726 g/mol. The molecule has 1 aromatic heterocycles. The number of hydrogen-bond acceptors (Lipinski definition) is 1. The Balaban J connectivity index is 1.24. The fourth-order valence-electron chi connectivity index (χ4n) is 9.40. The molecule has 0 atom stereocenters. The molecule has 11 rings (SSSR count). The Labute approximate surface area is 333 Å². The van der Waals surface area contributed by atoms with Crippen molar-refractivity contribution in [2.45, 2.75) is 5.54 Å². The van der Waals surface area contributed by atoms with Crippen LogP contribution in [-0.2, 0) is 5.54 Å². The smallest absolute Gasteiger partial charge is 0.122 e. The zero-order valence-corrected chi connectivity index (χ0v) is 31.3. The van der Waals surface area contributed by atoms with Gasteiger partial charge in [0.15, 0.2) is 0 Å². The van der Waals surface area contributed by atoms with E-state index in [2.05, 4.69) is 240 Å². The number of fused-ring (bicyclic) bond motifs is 6. The van der Waals surface area contributed by atoms with E-state index in [1.165, 1.54) is 71.9 Å². The summed E-state index contributed by atoms with van der Waals surface area (Å²) in [6, 6.07) is 84.3. The number of benzene rings is 9. The molecule has 0 spiro atoms. The maximum Gasteiger partial charge on any atom is 0.122 e. The predicted octanol–water partition coefficient (Wildman–Crippen LogP) is 14.4. The third-order valence-corrected chi connectivity index (χ3v) is 11.8. The summed E-state index contributed by atoms with van der Waals surface area (Å²) >= 11 is 0. The number of aromatic nitrogens is 1. The van der Waals surface area contributed by atoms with Crippen molar-refractivity contribution < 1.29 is 0 Å². The van der Waals surface area contributed by atoms with E-state index in [1.54, 1.807) is 0 Å². The molecule has 0 saturated heterocycles. The van der Waals surface area contributed by atoms with Gasteiger partial charge in [-0.15, -0.1) is 0 Å². The minimum atomic E-state index is -0.661. The van der Waals surface area contributed by atoms with Gasteiger partial charge in [0.1, 0.15) is 5.54 Å². The number of hydrogen-bond donors (Lipinski definition) is 0. The Morgan fingerprint density at radius 2 is 0.772 bits per heavy atom. The molecule has 10 aromatic rings. The van der Waals surface area contributed by atoms with Gasteiger partial charge in [-0.25, -0.2) is 0 Å². The van der Waals surface area contributed by atoms with Gasteiger partial charge in [0.05, 0.1) is 16.7 Å². The molecule has 2 nitrogen and oxygen atoms in total. The van der Waals surface area contributed by atoms with E-state index in [9.17, 15) is 0 Å². The van der Waals surface area contributed by atoms with Gasteiger partial charge in [-0.1, -0.05) is 194 Å². The number of rotatable bonds is 7. The van der Waals surface area contributed by atoms with Gasteiger partial charge in [0.2, 0.25) is 0 Å². The maximum atomic E-state index is 2.66. The summed E-state index contributed by atoms with van der Waals surface area (Å²) in [7, 11) is 0. The average Bonchev–Trinajstić information content (AvgIpc) is 3.79. The summed E-state index contributed by atoms with van der Waals surface area (Å²) in [4.78, 5) is 2.45. The van der Waals surface area contributed by atoms with Crippen LogP contribution in [0.25, 0.3) is 55.2 Å². The van der Waals surface area contributed by atoms with Crippen molar-refractivity contribution in [1.82, 2.24) is 4.57 Å². The zero-order chi connectivity index (χ0) is 37.8. The van der Waals surface area contributed by atoms with Crippen molar-refractivity contribution in [1.29, 1.82) is 0 Å². The highest BCUT2D eigenvalue weighted by Crippen LogP contribution is 2.57. The van der Waals surface area contributed by atoms with Gasteiger partial charge >= 0.3 is 0 Å². The molecule has 0 unspecified atom stereocenters. The minimum Gasteiger partial charge on any atom is -0.320 e. The molecule has 0 aliphatic heterocycles. The summed E-state index contributed by atoms with van der Waals surface area (Å²) in [5.74, 6) is 0. The highest BCUT2D eigenvalue weighted by molar-refractivity contribution is 6.14. The molecule has 57 heavy (non-hydrogen) atoms. The first kappa shape index (κ1) is 33.0. The van der Waals surface area contributed by atoms with Crippen LogP contribution in [-0.4, -0.2) is 4.57 Å². The summed E-state index contributed by atoms with van der Waals surface area (Å²) < 4.78 is 2.66. The van der Waals surface area contributed by atoms with Gasteiger partial charge in [0, 0.05) is 22.1 Å². The van der Waals surface area contributed by atoms with Crippen LogP contribution in [0.5, 0.6) is 0 Å². The molecule has 9 aromatic carbocycles. The lowest BCUT2D eigenvalue weighted by molar-refractivity contribution is 0.564. The third-order valence-electron chi connectivity index (χ3n) is 11.8. The zero-order valence-electron chi connectivity index (χ0n) is 31.3. The first-order chi connectivity index (χ1) is 28.3. The first-order valence-corrected chi connectivity index (χ1v) is 19.7. The van der Waals surface area contributed by atoms with Gasteiger partial charge in [-0.2, -0.15) is 0 Å². The molecule has 0 radical (unpaired) electrons. The van der Waals surface area contributed by atoms with E-state index in [-0.39, 0.29) is 0 Å². The average molecular weight is 727 g/mol. The van der Waals surface area contributed by atoms with Crippen LogP contribution in [0.15, 0.2) is 231 Å². The van der Waals surface area contributed by atoms with Crippen molar-refractivity contribution in [3.8, 4) is 33.4 Å². The molecule has 0 fully saturated rings. The van der Waals surface area contributed by atoms with E-state index in [0.717, 1.165) is 17.1 Å². The largest absolute Gasteiger partial charge is 0.320 e. The lowest BCUT2D eigenvalue weighted by Gasteiger charge is -2.37. The first-order valence-electron chi connectivity index (χ1n) is 19.7. The van der Waals surface area contributed by atoms with E-state index < -0.39 is 5.54 Å². The molecular weight excluding hydrogens is 689 g/mol. The standard InChI is InChI=1S/C55H38N2/c1-4-17-39(18-5-1)41-31-35-44(36-32-41)56(45-37-33-42(34-38-45)40-19-6-2-7-20-40)53-30-16-26-49-48-25-12-15-29-52(48)57(54(49)53)55(43-21-8-3-9-22-43)50-27-13-10-23-46(50)47-24-11-14-28-51(47)55/h1-38H. The van der Waals surface area contributed by atoms with E-state index >= 15 is 0 Å². The maximum absolute atomic E-state index is 2.66. The second-order valence-electron chi connectivity index (χ2n) is 14.9. The Morgan fingerprint density at radius 1 is 0.333 bits per heavy atom. The fourth-order valence-corrected chi connectivity index (χ4v) is 9.40. The molecule has 0 bridgehead atoms. The Hall–Kier alpha value is -7.42. The second-order valence-corrected chi connectivity index (χ2v) is 14.9. The molecule has 0 amide bonds. The summed E-state index contributed by atoms with van der Waals surface area (Å²) in [6.07, 6.45) is 0. The quantitative estimate of drug-likeness (QED) is 0.159. The van der Waals surface area contributed by atoms with Crippen LogP contribution in [0.1, 0.15) is 16.7 Å². The highest BCUT2D eigenvalue weighted by atomic mass is 15.2. The highest BCUT2D eigenvalue weighted by Gasteiger charge is 2.48.